The van der Waals surface area contributed by atoms with Gasteiger partial charge < -0.3 is 20.7 Å². The van der Waals surface area contributed by atoms with Gasteiger partial charge in [-0.2, -0.15) is 0 Å². The van der Waals surface area contributed by atoms with Gasteiger partial charge in [0.15, 0.2) is 5.96 Å². The molecule has 0 atom stereocenters. The molecular weight excluding hydrogens is 340 g/mol. The molecule has 3 N–H and O–H groups in total. The predicted octanol–water partition coefficient (Wildman–Crippen LogP) is 2.61. The first-order chi connectivity index (χ1) is 13.2. The summed E-state index contributed by atoms with van der Waals surface area (Å²) in [5.41, 5.74) is 1.05. The van der Waals surface area contributed by atoms with Crippen LogP contribution in [0.25, 0.3) is 0 Å². The average Bonchev–Trinajstić information content (AvgIpc) is 3.19. The number of hydrogen-bond acceptors (Lipinski definition) is 3. The molecule has 0 heterocycles. The summed E-state index contributed by atoms with van der Waals surface area (Å²) in [6.45, 7) is 5.97. The molecular formula is C21H32N4O2. The Labute approximate surface area is 162 Å². The van der Waals surface area contributed by atoms with E-state index in [0.717, 1.165) is 11.3 Å². The van der Waals surface area contributed by atoms with E-state index in [4.69, 9.17) is 4.74 Å². The number of benzene rings is 1. The van der Waals surface area contributed by atoms with E-state index in [1.54, 1.807) is 13.1 Å². The zero-order valence-corrected chi connectivity index (χ0v) is 16.3. The minimum Gasteiger partial charge on any atom is -0.489 e. The van der Waals surface area contributed by atoms with Gasteiger partial charge in [-0.1, -0.05) is 43.7 Å². The average molecular weight is 373 g/mol. The molecule has 1 aliphatic carbocycles. The third-order valence-corrected chi connectivity index (χ3v) is 4.69. The quantitative estimate of drug-likeness (QED) is 0.255. The SMILES string of the molecule is C=CCOc1ccccc1CNC(=NC)NCCNC(=O)CC1CCCC1. The van der Waals surface area contributed by atoms with Gasteiger partial charge in [-0.05, 0) is 24.8 Å². The Morgan fingerprint density at radius 1 is 1.22 bits per heavy atom. The zero-order valence-electron chi connectivity index (χ0n) is 16.3. The molecule has 2 rings (SSSR count). The number of rotatable bonds is 10. The molecule has 0 spiro atoms. The van der Waals surface area contributed by atoms with Crippen molar-refractivity contribution in [2.45, 2.75) is 38.6 Å². The fourth-order valence-electron chi connectivity index (χ4n) is 3.27. The number of carbonyl (C=O) groups is 1. The van der Waals surface area contributed by atoms with Gasteiger partial charge in [0.25, 0.3) is 0 Å². The molecule has 1 aromatic carbocycles. The second kappa shape index (κ2) is 12.0. The van der Waals surface area contributed by atoms with Crippen molar-refractivity contribution in [1.29, 1.82) is 0 Å². The van der Waals surface area contributed by atoms with E-state index >= 15 is 0 Å². The van der Waals surface area contributed by atoms with Crippen LogP contribution in [0, 0.1) is 5.92 Å². The van der Waals surface area contributed by atoms with Crippen LogP contribution in [0.1, 0.15) is 37.7 Å². The Bertz CT molecular complexity index is 624. The number of para-hydroxylation sites is 1. The Morgan fingerprint density at radius 3 is 2.70 bits per heavy atom. The molecule has 0 aliphatic heterocycles. The molecule has 0 saturated heterocycles. The van der Waals surface area contributed by atoms with Crippen molar-refractivity contribution in [3.05, 3.63) is 42.5 Å². The minimum absolute atomic E-state index is 0.153. The summed E-state index contributed by atoms with van der Waals surface area (Å²) in [7, 11) is 1.73. The lowest BCUT2D eigenvalue weighted by atomic mass is 10.0. The fourth-order valence-corrected chi connectivity index (χ4v) is 3.27. The zero-order chi connectivity index (χ0) is 19.3. The standard InChI is InChI=1S/C21H32N4O2/c1-3-14-27-19-11-7-6-10-18(19)16-25-21(22-2)24-13-12-23-20(26)15-17-8-4-5-9-17/h3,6-7,10-11,17H,1,4-5,8-9,12-16H2,2H3,(H,23,26)(H2,22,24,25). The topological polar surface area (TPSA) is 74.8 Å². The predicted molar refractivity (Wildman–Crippen MR) is 110 cm³/mol. The maximum Gasteiger partial charge on any atom is 0.220 e. The van der Waals surface area contributed by atoms with Gasteiger partial charge in [0, 0.05) is 38.7 Å². The van der Waals surface area contributed by atoms with Crippen molar-refractivity contribution in [3.63, 3.8) is 0 Å². The molecule has 0 radical (unpaired) electrons. The number of nitrogens with zero attached hydrogens (tertiary/aromatic N) is 1. The summed E-state index contributed by atoms with van der Waals surface area (Å²) in [6.07, 6.45) is 7.31. The summed E-state index contributed by atoms with van der Waals surface area (Å²) >= 11 is 0. The van der Waals surface area contributed by atoms with Gasteiger partial charge in [0.05, 0.1) is 0 Å². The van der Waals surface area contributed by atoms with Gasteiger partial charge >= 0.3 is 0 Å². The van der Waals surface area contributed by atoms with Gasteiger partial charge in [-0.3, -0.25) is 9.79 Å². The maximum atomic E-state index is 11.9. The van der Waals surface area contributed by atoms with Crippen LogP contribution in [0.15, 0.2) is 41.9 Å². The van der Waals surface area contributed by atoms with Crippen molar-refractivity contribution in [2.75, 3.05) is 26.7 Å². The molecule has 148 valence electrons. The highest BCUT2D eigenvalue weighted by Gasteiger charge is 2.17. The first-order valence-corrected chi connectivity index (χ1v) is 9.75. The van der Waals surface area contributed by atoms with Crippen molar-refractivity contribution < 1.29 is 9.53 Å². The van der Waals surface area contributed by atoms with Crippen LogP contribution in [-0.2, 0) is 11.3 Å². The summed E-state index contributed by atoms with van der Waals surface area (Å²) in [6, 6.07) is 7.88. The summed E-state index contributed by atoms with van der Waals surface area (Å²) in [5, 5.41) is 9.47. The molecule has 1 aromatic rings. The number of carbonyl (C=O) groups excluding carboxylic acids is 1. The molecule has 27 heavy (non-hydrogen) atoms. The first kappa shape index (κ1) is 20.8. The van der Waals surface area contributed by atoms with E-state index in [9.17, 15) is 4.79 Å². The summed E-state index contributed by atoms with van der Waals surface area (Å²) < 4.78 is 5.67. The van der Waals surface area contributed by atoms with Crippen LogP contribution in [0.2, 0.25) is 0 Å². The molecule has 1 fully saturated rings. The lowest BCUT2D eigenvalue weighted by Crippen LogP contribution is -2.41. The third-order valence-electron chi connectivity index (χ3n) is 4.69. The van der Waals surface area contributed by atoms with Crippen LogP contribution in [0.4, 0.5) is 0 Å². The van der Waals surface area contributed by atoms with Gasteiger partial charge in [-0.25, -0.2) is 0 Å². The van der Waals surface area contributed by atoms with Crippen LogP contribution in [0.3, 0.4) is 0 Å². The number of hydrogen-bond donors (Lipinski definition) is 3. The molecule has 6 nitrogen and oxygen atoms in total. The lowest BCUT2D eigenvalue weighted by molar-refractivity contribution is -0.121. The fraction of sp³-hybridized carbons (Fsp3) is 0.524. The second-order valence-corrected chi connectivity index (χ2v) is 6.76. The molecule has 0 unspecified atom stereocenters. The van der Waals surface area contributed by atoms with Crippen LogP contribution in [-0.4, -0.2) is 38.6 Å². The van der Waals surface area contributed by atoms with Crippen molar-refractivity contribution in [3.8, 4) is 5.75 Å². The molecule has 1 amide bonds. The molecule has 1 saturated carbocycles. The van der Waals surface area contributed by atoms with E-state index in [-0.39, 0.29) is 5.91 Å². The number of ether oxygens (including phenoxy) is 1. The lowest BCUT2D eigenvalue weighted by Gasteiger charge is -2.15. The van der Waals surface area contributed by atoms with Crippen molar-refractivity contribution >= 4 is 11.9 Å². The van der Waals surface area contributed by atoms with E-state index in [1.807, 2.05) is 24.3 Å². The Balaban J connectivity index is 1.67. The van der Waals surface area contributed by atoms with Crippen LogP contribution < -0.4 is 20.7 Å². The second-order valence-electron chi connectivity index (χ2n) is 6.76. The number of nitrogens with one attached hydrogen (secondary N) is 3. The number of guanidine groups is 1. The Kier molecular flexibility index (Phi) is 9.24. The third kappa shape index (κ3) is 7.72. The number of amides is 1. The highest BCUT2D eigenvalue weighted by atomic mass is 16.5. The van der Waals surface area contributed by atoms with Gasteiger partial charge in [0.2, 0.25) is 5.91 Å². The Hall–Kier alpha value is -2.50. The van der Waals surface area contributed by atoms with Gasteiger partial charge in [0.1, 0.15) is 12.4 Å². The minimum atomic E-state index is 0.153. The highest BCUT2D eigenvalue weighted by Crippen LogP contribution is 2.27. The largest absolute Gasteiger partial charge is 0.489 e. The smallest absolute Gasteiger partial charge is 0.220 e. The van der Waals surface area contributed by atoms with Crippen LogP contribution in [0.5, 0.6) is 5.75 Å². The first-order valence-electron chi connectivity index (χ1n) is 9.75. The summed E-state index contributed by atoms with van der Waals surface area (Å²) in [4.78, 5) is 16.2. The number of aliphatic imine (C=N–C) groups is 1. The van der Waals surface area contributed by atoms with Crippen molar-refractivity contribution in [1.82, 2.24) is 16.0 Å². The van der Waals surface area contributed by atoms with E-state index in [0.29, 0.717) is 44.5 Å². The summed E-state index contributed by atoms with van der Waals surface area (Å²) in [5.74, 6) is 2.26. The van der Waals surface area contributed by atoms with E-state index in [2.05, 4.69) is 27.5 Å². The molecule has 0 aromatic heterocycles. The monoisotopic (exact) mass is 372 g/mol. The molecule has 0 bridgehead atoms. The normalized spacial score (nSPS) is 14.6. The highest BCUT2D eigenvalue weighted by molar-refractivity contribution is 5.80. The maximum absolute atomic E-state index is 11.9. The van der Waals surface area contributed by atoms with E-state index in [1.165, 1.54) is 25.7 Å². The van der Waals surface area contributed by atoms with Crippen molar-refractivity contribution in [2.24, 2.45) is 10.9 Å². The van der Waals surface area contributed by atoms with E-state index < -0.39 is 0 Å². The van der Waals surface area contributed by atoms with Gasteiger partial charge in [-0.15, -0.1) is 0 Å². The van der Waals surface area contributed by atoms with Crippen LogP contribution >= 0.6 is 0 Å². The molecule has 1 aliphatic rings. The Morgan fingerprint density at radius 2 is 1.96 bits per heavy atom. The molecule has 6 heteroatoms.